The Balaban J connectivity index is 1.88. The fourth-order valence-electron chi connectivity index (χ4n) is 6.19. The molecule has 0 aromatic heterocycles. The topological polar surface area (TPSA) is 13.7 Å². The van der Waals surface area contributed by atoms with Crippen LogP contribution in [-0.2, 0) is 4.74 Å². The lowest BCUT2D eigenvalue weighted by atomic mass is 9.60. The highest BCUT2D eigenvalue weighted by molar-refractivity contribution is 5.23. The lowest BCUT2D eigenvalue weighted by Gasteiger charge is -2.49. The number of fused-ring (bicyclic) bond motifs is 1. The smallest absolute Gasteiger partial charge is 0.115 e. The Hall–Kier alpha value is -0.0800. The van der Waals surface area contributed by atoms with Crippen LogP contribution in [0.3, 0.4) is 0 Å². The molecule has 0 aromatic rings. The quantitative estimate of drug-likeness (QED) is 0.836. The number of nitrogens with one attached hydrogen (secondary N) is 1. The molecule has 1 N–H and O–H groups in total. The summed E-state index contributed by atoms with van der Waals surface area (Å²) in [6.07, 6.45) is 5.54. The SMILES string of the molecule is CC[NH+](CC)C[C@@]1(C)C[C@@]23CCC(C2)C(C)(C)C3(C)O1. The first-order chi connectivity index (χ1) is 9.22. The van der Waals surface area contributed by atoms with Crippen molar-refractivity contribution in [2.24, 2.45) is 16.7 Å². The van der Waals surface area contributed by atoms with E-state index in [0.29, 0.717) is 10.8 Å². The minimum absolute atomic E-state index is 0.0860. The third-order valence-electron chi connectivity index (χ3n) is 7.66. The predicted octanol–water partition coefficient (Wildman–Crippen LogP) is 2.68. The summed E-state index contributed by atoms with van der Waals surface area (Å²) < 4.78 is 6.91. The number of quaternary nitrogens is 1. The van der Waals surface area contributed by atoms with Gasteiger partial charge in [-0.25, -0.2) is 0 Å². The summed E-state index contributed by atoms with van der Waals surface area (Å²) in [4.78, 5) is 1.68. The average Bonchev–Trinajstić information content (AvgIpc) is 2.93. The third kappa shape index (κ3) is 1.64. The van der Waals surface area contributed by atoms with Gasteiger partial charge in [0, 0.05) is 5.41 Å². The zero-order chi connectivity index (χ0) is 14.8. The van der Waals surface area contributed by atoms with Crippen molar-refractivity contribution in [3.63, 3.8) is 0 Å². The third-order valence-corrected chi connectivity index (χ3v) is 7.66. The lowest BCUT2D eigenvalue weighted by Crippen LogP contribution is -3.13. The molecule has 0 radical (unpaired) electrons. The van der Waals surface area contributed by atoms with Crippen LogP contribution in [0.15, 0.2) is 0 Å². The molecule has 20 heavy (non-hydrogen) atoms. The molecule has 1 saturated heterocycles. The molecular weight excluding hydrogens is 246 g/mol. The van der Waals surface area contributed by atoms with Crippen LogP contribution in [0.2, 0.25) is 0 Å². The van der Waals surface area contributed by atoms with Crippen LogP contribution in [0.5, 0.6) is 0 Å². The Morgan fingerprint density at radius 1 is 1.10 bits per heavy atom. The van der Waals surface area contributed by atoms with Gasteiger partial charge in [-0.15, -0.1) is 0 Å². The van der Waals surface area contributed by atoms with Gasteiger partial charge in [0.25, 0.3) is 0 Å². The van der Waals surface area contributed by atoms with Crippen molar-refractivity contribution >= 4 is 0 Å². The predicted molar refractivity (Wildman–Crippen MR) is 83.0 cm³/mol. The minimum Gasteiger partial charge on any atom is -0.362 e. The number of hydrogen-bond donors (Lipinski definition) is 1. The van der Waals surface area contributed by atoms with E-state index in [1.165, 1.54) is 45.3 Å². The second-order valence-corrected chi connectivity index (χ2v) is 8.84. The van der Waals surface area contributed by atoms with Crippen molar-refractivity contribution in [2.75, 3.05) is 19.6 Å². The first-order valence-electron chi connectivity index (χ1n) is 8.76. The first-order valence-corrected chi connectivity index (χ1v) is 8.76. The van der Waals surface area contributed by atoms with Gasteiger partial charge < -0.3 is 9.64 Å². The number of hydrogen-bond acceptors (Lipinski definition) is 1. The largest absolute Gasteiger partial charge is 0.362 e. The molecule has 2 bridgehead atoms. The Bertz CT molecular complexity index is 402. The van der Waals surface area contributed by atoms with Gasteiger partial charge in [-0.2, -0.15) is 0 Å². The molecule has 1 spiro atoms. The number of likely N-dealkylation sites (N-methyl/N-ethyl adjacent to an activating group) is 1. The summed E-state index contributed by atoms with van der Waals surface area (Å²) in [7, 11) is 0. The summed E-state index contributed by atoms with van der Waals surface area (Å²) in [6, 6.07) is 0. The van der Waals surface area contributed by atoms with Gasteiger partial charge in [-0.1, -0.05) is 13.8 Å². The van der Waals surface area contributed by atoms with Gasteiger partial charge in [0.15, 0.2) is 0 Å². The Morgan fingerprint density at radius 3 is 2.30 bits per heavy atom. The van der Waals surface area contributed by atoms with Crippen molar-refractivity contribution < 1.29 is 9.64 Å². The van der Waals surface area contributed by atoms with E-state index >= 15 is 0 Å². The highest BCUT2D eigenvalue weighted by Gasteiger charge is 2.75. The maximum atomic E-state index is 6.91. The molecule has 1 heterocycles. The first kappa shape index (κ1) is 14.8. The van der Waals surface area contributed by atoms with Crippen LogP contribution < -0.4 is 4.90 Å². The zero-order valence-electron chi connectivity index (χ0n) is 14.4. The summed E-state index contributed by atoms with van der Waals surface area (Å²) >= 11 is 0. The van der Waals surface area contributed by atoms with E-state index in [2.05, 4.69) is 41.5 Å². The Morgan fingerprint density at radius 2 is 1.75 bits per heavy atom. The maximum Gasteiger partial charge on any atom is 0.115 e. The van der Waals surface area contributed by atoms with Gasteiger partial charge in [0.2, 0.25) is 0 Å². The van der Waals surface area contributed by atoms with Gasteiger partial charge >= 0.3 is 0 Å². The average molecular weight is 280 g/mol. The summed E-state index contributed by atoms with van der Waals surface area (Å²) in [6.45, 7) is 18.0. The molecule has 2 saturated carbocycles. The molecule has 116 valence electrons. The van der Waals surface area contributed by atoms with Crippen molar-refractivity contribution in [1.29, 1.82) is 0 Å². The van der Waals surface area contributed by atoms with Crippen LogP contribution in [0.25, 0.3) is 0 Å². The second-order valence-electron chi connectivity index (χ2n) is 8.84. The van der Waals surface area contributed by atoms with E-state index < -0.39 is 0 Å². The van der Waals surface area contributed by atoms with Crippen LogP contribution in [-0.4, -0.2) is 30.8 Å². The van der Waals surface area contributed by atoms with E-state index in [1.807, 2.05) is 0 Å². The van der Waals surface area contributed by atoms with Crippen LogP contribution >= 0.6 is 0 Å². The van der Waals surface area contributed by atoms with Crippen LogP contribution in [0.1, 0.15) is 67.2 Å². The van der Waals surface area contributed by atoms with Gasteiger partial charge in [-0.3, -0.25) is 0 Å². The number of rotatable bonds is 4. The van der Waals surface area contributed by atoms with E-state index in [1.54, 1.807) is 4.90 Å². The monoisotopic (exact) mass is 280 g/mol. The van der Waals surface area contributed by atoms with E-state index in [9.17, 15) is 0 Å². The molecule has 4 atom stereocenters. The summed E-state index contributed by atoms with van der Waals surface area (Å²) in [5.74, 6) is 0.887. The standard InChI is InChI=1S/C18H33NO/c1-7-19(8-2)13-16(5)12-18-10-9-14(11-18)15(3,4)17(18,6)20-16/h14H,7-13H2,1-6H3/p+1/t14?,16-,17?,18-/m1/s1. The lowest BCUT2D eigenvalue weighted by molar-refractivity contribution is -0.902. The fraction of sp³-hybridized carbons (Fsp3) is 1.00. The number of ether oxygens (including phenoxy) is 1. The van der Waals surface area contributed by atoms with Gasteiger partial charge in [0.1, 0.15) is 12.1 Å². The molecule has 2 unspecified atom stereocenters. The molecule has 1 aliphatic heterocycles. The Kier molecular flexibility index (Phi) is 3.14. The fourth-order valence-corrected chi connectivity index (χ4v) is 6.19. The normalized spacial score (nSPS) is 49.0. The highest BCUT2D eigenvalue weighted by atomic mass is 16.5. The molecule has 2 nitrogen and oxygen atoms in total. The Labute approximate surface area is 125 Å². The maximum absolute atomic E-state index is 6.91. The van der Waals surface area contributed by atoms with Gasteiger partial charge in [-0.05, 0) is 64.7 Å². The van der Waals surface area contributed by atoms with Crippen LogP contribution in [0.4, 0.5) is 0 Å². The van der Waals surface area contributed by atoms with Gasteiger partial charge in [0.05, 0.1) is 18.7 Å². The summed E-state index contributed by atoms with van der Waals surface area (Å²) in [5.41, 5.74) is 1.01. The minimum atomic E-state index is 0.0860. The van der Waals surface area contributed by atoms with E-state index in [-0.39, 0.29) is 11.2 Å². The molecule has 3 rings (SSSR count). The molecular formula is C18H34NO+. The van der Waals surface area contributed by atoms with Crippen molar-refractivity contribution in [3.8, 4) is 0 Å². The molecule has 2 aliphatic carbocycles. The molecule has 2 heteroatoms. The molecule has 0 amide bonds. The molecule has 0 aromatic carbocycles. The second kappa shape index (κ2) is 4.23. The van der Waals surface area contributed by atoms with Crippen molar-refractivity contribution in [2.45, 2.75) is 78.4 Å². The molecule has 3 aliphatic rings. The van der Waals surface area contributed by atoms with Crippen LogP contribution in [0, 0.1) is 16.7 Å². The van der Waals surface area contributed by atoms with Crippen molar-refractivity contribution in [3.05, 3.63) is 0 Å². The van der Waals surface area contributed by atoms with E-state index in [0.717, 1.165) is 5.92 Å². The summed E-state index contributed by atoms with van der Waals surface area (Å²) in [5, 5.41) is 0. The molecule has 3 fully saturated rings. The van der Waals surface area contributed by atoms with E-state index in [4.69, 9.17) is 4.74 Å². The highest BCUT2D eigenvalue weighted by Crippen LogP contribution is 2.75. The zero-order valence-corrected chi connectivity index (χ0v) is 14.4. The van der Waals surface area contributed by atoms with Crippen molar-refractivity contribution in [1.82, 2.24) is 0 Å².